The van der Waals surface area contributed by atoms with Crippen LogP contribution in [0.15, 0.2) is 6.20 Å². The average molecular weight is 224 g/mol. The van der Waals surface area contributed by atoms with Gasteiger partial charge in [0, 0.05) is 11.3 Å². The molecule has 2 heterocycles. The summed E-state index contributed by atoms with van der Waals surface area (Å²) in [4.78, 5) is 5.55. The van der Waals surface area contributed by atoms with Crippen LogP contribution in [0, 0.1) is 13.8 Å². The molecule has 1 unspecified atom stereocenters. The van der Waals surface area contributed by atoms with Crippen LogP contribution in [0.2, 0.25) is 0 Å². The standard InChI is InChI=1S/C9H12N4OS/c1-5-6(2)15-9(11-5)3-8(14)7-4-10-13-12-7/h4,8,14H,3H2,1-2H3,(H,10,12,13). The Balaban J connectivity index is 2.09. The van der Waals surface area contributed by atoms with E-state index in [0.29, 0.717) is 12.1 Å². The van der Waals surface area contributed by atoms with Gasteiger partial charge in [-0.25, -0.2) is 4.98 Å². The number of aromatic amines is 1. The molecule has 0 saturated carbocycles. The van der Waals surface area contributed by atoms with Gasteiger partial charge in [-0.2, -0.15) is 15.4 Å². The predicted octanol–water partition coefficient (Wildman–Crippen LogP) is 1.15. The topological polar surface area (TPSA) is 74.7 Å². The van der Waals surface area contributed by atoms with Gasteiger partial charge in [0.25, 0.3) is 0 Å². The summed E-state index contributed by atoms with van der Waals surface area (Å²) in [7, 11) is 0. The van der Waals surface area contributed by atoms with E-state index in [2.05, 4.69) is 20.4 Å². The Labute approximate surface area is 91.2 Å². The van der Waals surface area contributed by atoms with Crippen LogP contribution in [0.25, 0.3) is 0 Å². The number of thiazole rings is 1. The Morgan fingerprint density at radius 3 is 2.87 bits per heavy atom. The molecule has 2 rings (SSSR count). The van der Waals surface area contributed by atoms with Crippen LogP contribution in [0.4, 0.5) is 0 Å². The molecular weight excluding hydrogens is 212 g/mol. The second kappa shape index (κ2) is 4.08. The molecular formula is C9H12N4OS. The van der Waals surface area contributed by atoms with Gasteiger partial charge in [0.15, 0.2) is 0 Å². The predicted molar refractivity (Wildman–Crippen MR) is 56.6 cm³/mol. The van der Waals surface area contributed by atoms with Gasteiger partial charge < -0.3 is 5.11 Å². The second-order valence-corrected chi connectivity index (χ2v) is 4.65. The smallest absolute Gasteiger partial charge is 0.111 e. The molecule has 1 atom stereocenters. The second-order valence-electron chi connectivity index (χ2n) is 3.36. The third-order valence-electron chi connectivity index (χ3n) is 2.22. The molecule has 80 valence electrons. The van der Waals surface area contributed by atoms with Crippen LogP contribution in [0.1, 0.15) is 27.4 Å². The molecule has 0 bridgehead atoms. The SMILES string of the molecule is Cc1nc(CC(O)c2cn[nH]n2)sc1C. The minimum atomic E-state index is -0.631. The van der Waals surface area contributed by atoms with E-state index in [4.69, 9.17) is 0 Å². The summed E-state index contributed by atoms with van der Waals surface area (Å²) in [6, 6.07) is 0. The number of H-pyrrole nitrogens is 1. The fourth-order valence-electron chi connectivity index (χ4n) is 1.27. The van der Waals surface area contributed by atoms with Crippen molar-refractivity contribution in [2.75, 3.05) is 0 Å². The Morgan fingerprint density at radius 1 is 1.53 bits per heavy atom. The van der Waals surface area contributed by atoms with Gasteiger partial charge in [-0.1, -0.05) is 0 Å². The van der Waals surface area contributed by atoms with Crippen LogP contribution < -0.4 is 0 Å². The van der Waals surface area contributed by atoms with E-state index < -0.39 is 6.10 Å². The van der Waals surface area contributed by atoms with Gasteiger partial charge >= 0.3 is 0 Å². The number of nitrogens with one attached hydrogen (secondary N) is 1. The molecule has 2 N–H and O–H groups in total. The first kappa shape index (κ1) is 10.3. The number of aliphatic hydroxyl groups excluding tert-OH is 1. The van der Waals surface area contributed by atoms with Gasteiger partial charge in [-0.3, -0.25) is 0 Å². The molecule has 2 aromatic heterocycles. The van der Waals surface area contributed by atoms with Crippen molar-refractivity contribution in [1.29, 1.82) is 0 Å². The average Bonchev–Trinajstić information content (AvgIpc) is 2.77. The van der Waals surface area contributed by atoms with Crippen molar-refractivity contribution in [2.45, 2.75) is 26.4 Å². The number of aliphatic hydroxyl groups is 1. The lowest BCUT2D eigenvalue weighted by molar-refractivity contribution is 0.173. The third kappa shape index (κ3) is 2.21. The summed E-state index contributed by atoms with van der Waals surface area (Å²) in [6.07, 6.45) is 1.39. The Morgan fingerprint density at radius 2 is 2.33 bits per heavy atom. The first-order chi connectivity index (χ1) is 7.16. The van der Waals surface area contributed by atoms with Gasteiger partial charge in [0.2, 0.25) is 0 Å². The van der Waals surface area contributed by atoms with Crippen molar-refractivity contribution < 1.29 is 5.11 Å². The van der Waals surface area contributed by atoms with Crippen molar-refractivity contribution >= 4 is 11.3 Å². The summed E-state index contributed by atoms with van der Waals surface area (Å²) < 4.78 is 0. The highest BCUT2D eigenvalue weighted by atomic mass is 32.1. The lowest BCUT2D eigenvalue weighted by Gasteiger charge is -2.02. The highest BCUT2D eigenvalue weighted by Gasteiger charge is 2.14. The largest absolute Gasteiger partial charge is 0.386 e. The highest BCUT2D eigenvalue weighted by molar-refractivity contribution is 7.11. The molecule has 0 aliphatic carbocycles. The van der Waals surface area contributed by atoms with Gasteiger partial charge in [0.05, 0.1) is 16.9 Å². The van der Waals surface area contributed by atoms with Crippen LogP contribution in [-0.2, 0) is 6.42 Å². The Hall–Kier alpha value is -1.27. The maximum Gasteiger partial charge on any atom is 0.111 e. The van der Waals surface area contributed by atoms with Crippen molar-refractivity contribution in [3.63, 3.8) is 0 Å². The maximum absolute atomic E-state index is 9.81. The van der Waals surface area contributed by atoms with Crippen LogP contribution in [-0.4, -0.2) is 25.5 Å². The lowest BCUT2D eigenvalue weighted by Crippen LogP contribution is -2.02. The zero-order chi connectivity index (χ0) is 10.8. The van der Waals surface area contributed by atoms with E-state index in [9.17, 15) is 5.11 Å². The molecule has 0 radical (unpaired) electrons. The quantitative estimate of drug-likeness (QED) is 0.820. The first-order valence-electron chi connectivity index (χ1n) is 4.63. The number of aryl methyl sites for hydroxylation is 2. The number of hydrogen-bond donors (Lipinski definition) is 2. The van der Waals surface area contributed by atoms with Crippen molar-refractivity contribution in [3.05, 3.63) is 27.5 Å². The van der Waals surface area contributed by atoms with Crippen LogP contribution >= 0.6 is 11.3 Å². The lowest BCUT2D eigenvalue weighted by atomic mass is 10.2. The molecule has 0 amide bonds. The number of aromatic nitrogens is 4. The molecule has 0 aliphatic rings. The normalized spacial score (nSPS) is 13.0. The van der Waals surface area contributed by atoms with Crippen molar-refractivity contribution in [1.82, 2.24) is 20.4 Å². The van der Waals surface area contributed by atoms with Crippen molar-refractivity contribution in [3.8, 4) is 0 Å². The summed E-state index contributed by atoms with van der Waals surface area (Å²) in [6.45, 7) is 4.00. The monoisotopic (exact) mass is 224 g/mol. The number of rotatable bonds is 3. The minimum Gasteiger partial charge on any atom is -0.386 e. The van der Waals surface area contributed by atoms with Gasteiger partial charge in [-0.15, -0.1) is 11.3 Å². The van der Waals surface area contributed by atoms with E-state index >= 15 is 0 Å². The molecule has 15 heavy (non-hydrogen) atoms. The van der Waals surface area contributed by atoms with Crippen molar-refractivity contribution in [2.24, 2.45) is 0 Å². The van der Waals surface area contributed by atoms with Gasteiger partial charge in [-0.05, 0) is 13.8 Å². The zero-order valence-corrected chi connectivity index (χ0v) is 9.38. The highest BCUT2D eigenvalue weighted by Crippen LogP contribution is 2.21. The van der Waals surface area contributed by atoms with E-state index in [-0.39, 0.29) is 0 Å². The Kier molecular flexibility index (Phi) is 2.79. The van der Waals surface area contributed by atoms with Crippen LogP contribution in [0.3, 0.4) is 0 Å². The summed E-state index contributed by atoms with van der Waals surface area (Å²) in [5.41, 5.74) is 1.59. The first-order valence-corrected chi connectivity index (χ1v) is 5.45. The zero-order valence-electron chi connectivity index (χ0n) is 8.56. The third-order valence-corrected chi connectivity index (χ3v) is 3.31. The molecule has 0 aromatic carbocycles. The van der Waals surface area contributed by atoms with E-state index in [1.54, 1.807) is 11.3 Å². The van der Waals surface area contributed by atoms with E-state index in [0.717, 1.165) is 10.7 Å². The minimum absolute atomic E-state index is 0.492. The molecule has 0 fully saturated rings. The molecule has 0 spiro atoms. The van der Waals surface area contributed by atoms with E-state index in [1.807, 2.05) is 13.8 Å². The fraction of sp³-hybridized carbons (Fsp3) is 0.444. The van der Waals surface area contributed by atoms with Gasteiger partial charge in [0.1, 0.15) is 11.8 Å². The summed E-state index contributed by atoms with van der Waals surface area (Å²) in [5.74, 6) is 0. The number of nitrogens with zero attached hydrogens (tertiary/aromatic N) is 3. The molecule has 6 heteroatoms. The van der Waals surface area contributed by atoms with Crippen LogP contribution in [0.5, 0.6) is 0 Å². The molecule has 0 aliphatic heterocycles. The maximum atomic E-state index is 9.81. The molecule has 0 saturated heterocycles. The summed E-state index contributed by atoms with van der Waals surface area (Å²) >= 11 is 1.61. The molecule has 5 nitrogen and oxygen atoms in total. The Bertz CT molecular complexity index is 417. The molecule has 2 aromatic rings. The van der Waals surface area contributed by atoms with E-state index in [1.165, 1.54) is 11.1 Å². The number of hydrogen-bond acceptors (Lipinski definition) is 5. The fourth-order valence-corrected chi connectivity index (χ4v) is 2.24. The summed E-state index contributed by atoms with van der Waals surface area (Å²) in [5, 5.41) is 20.7.